The molecule has 0 aliphatic carbocycles. The van der Waals surface area contributed by atoms with Crippen molar-refractivity contribution >= 4 is 28.9 Å². The summed E-state index contributed by atoms with van der Waals surface area (Å²) >= 11 is 0. The summed E-state index contributed by atoms with van der Waals surface area (Å²) in [5, 5.41) is 26.6. The van der Waals surface area contributed by atoms with Crippen LogP contribution in [-0.4, -0.2) is 44.7 Å². The maximum atomic E-state index is 12.4. The number of rotatable bonds is 9. The molecule has 3 aromatic carbocycles. The second-order valence-corrected chi connectivity index (χ2v) is 8.09. The molecular weight excluding hydrogens is 444 g/mol. The molecule has 0 aliphatic heterocycles. The third-order valence-electron chi connectivity index (χ3n) is 5.73. The van der Waals surface area contributed by atoms with Gasteiger partial charge < -0.3 is 15.3 Å². The van der Waals surface area contributed by atoms with E-state index in [-0.39, 0.29) is 11.5 Å². The van der Waals surface area contributed by atoms with Gasteiger partial charge in [0, 0.05) is 24.7 Å². The zero-order valence-corrected chi connectivity index (χ0v) is 19.5. The maximum absolute atomic E-state index is 12.4. The number of aromatic amines is 1. The van der Waals surface area contributed by atoms with Gasteiger partial charge in [-0.3, -0.25) is 4.79 Å². The zero-order chi connectivity index (χ0) is 24.8. The number of carboxylic acid groups (broad SMARTS) is 1. The number of amides is 1. The number of carbonyl (C=O) groups is 2. The van der Waals surface area contributed by atoms with Crippen LogP contribution in [0.25, 0.3) is 22.5 Å². The minimum atomic E-state index is -1.03. The van der Waals surface area contributed by atoms with E-state index in [1.54, 1.807) is 12.1 Å². The fraction of sp³-hybridized carbons (Fsp3) is 0.192. The number of H-pyrrole nitrogens is 1. The summed E-state index contributed by atoms with van der Waals surface area (Å²) in [5.41, 5.74) is 4.95. The van der Waals surface area contributed by atoms with E-state index in [1.807, 2.05) is 67.4 Å². The summed E-state index contributed by atoms with van der Waals surface area (Å²) in [6.07, 6.45) is 2.12. The molecule has 9 nitrogen and oxygen atoms in total. The molecule has 1 aromatic heterocycles. The van der Waals surface area contributed by atoms with Crippen LogP contribution in [0.3, 0.4) is 0 Å². The van der Waals surface area contributed by atoms with Gasteiger partial charge in [-0.2, -0.15) is 0 Å². The molecule has 0 bridgehead atoms. The molecule has 0 saturated heterocycles. The van der Waals surface area contributed by atoms with Crippen LogP contribution in [0.1, 0.15) is 36.5 Å². The molecule has 178 valence electrons. The number of aromatic nitrogens is 4. The molecule has 0 atom stereocenters. The maximum Gasteiger partial charge on any atom is 0.335 e. The van der Waals surface area contributed by atoms with Crippen molar-refractivity contribution < 1.29 is 14.7 Å². The van der Waals surface area contributed by atoms with Gasteiger partial charge in [0.1, 0.15) is 0 Å². The lowest BCUT2D eigenvalue weighted by Crippen LogP contribution is -2.17. The van der Waals surface area contributed by atoms with Crippen LogP contribution in [0, 0.1) is 0 Å². The highest BCUT2D eigenvalue weighted by Crippen LogP contribution is 2.35. The Hall–Kier alpha value is -4.53. The predicted octanol–water partition coefficient (Wildman–Crippen LogP) is 5.13. The molecule has 1 amide bonds. The first kappa shape index (κ1) is 23.6. The first-order valence-electron chi connectivity index (χ1n) is 11.3. The number of hydrogen-bond donors (Lipinski definition) is 3. The molecule has 0 saturated carbocycles. The molecule has 3 N–H and O–H groups in total. The molecule has 0 radical (unpaired) electrons. The molecule has 1 heterocycles. The molecule has 4 aromatic rings. The third-order valence-corrected chi connectivity index (χ3v) is 5.73. The molecule has 0 spiro atoms. The van der Waals surface area contributed by atoms with E-state index >= 15 is 0 Å². The van der Waals surface area contributed by atoms with Gasteiger partial charge in [0.2, 0.25) is 5.91 Å². The number of benzene rings is 3. The summed E-state index contributed by atoms with van der Waals surface area (Å²) in [4.78, 5) is 25.8. The van der Waals surface area contributed by atoms with Crippen molar-refractivity contribution in [2.45, 2.75) is 26.2 Å². The van der Waals surface area contributed by atoms with E-state index < -0.39 is 5.97 Å². The quantitative estimate of drug-likeness (QED) is 0.310. The Morgan fingerprint density at radius 3 is 2.43 bits per heavy atom. The second kappa shape index (κ2) is 10.6. The molecule has 35 heavy (non-hydrogen) atoms. The Morgan fingerprint density at radius 2 is 1.77 bits per heavy atom. The average Bonchev–Trinajstić information content (AvgIpc) is 3.42. The fourth-order valence-corrected chi connectivity index (χ4v) is 3.82. The van der Waals surface area contributed by atoms with Crippen LogP contribution in [-0.2, 0) is 4.79 Å². The van der Waals surface area contributed by atoms with E-state index in [0.717, 1.165) is 35.2 Å². The standard InChI is InChI=1S/C26H26N6O3/c1-3-4-9-24(33)27-22-15-12-18(26(34)35)16-23(22)32(2)19-13-10-17(11-14-19)20-7-5-6-8-21(20)25-28-30-31-29-25/h5-8,10-16H,3-4,9H2,1-2H3,(H,27,33)(H,34,35)(H,28,29,30,31). The number of aromatic carboxylic acids is 1. The van der Waals surface area contributed by atoms with E-state index in [4.69, 9.17) is 0 Å². The molecule has 9 heteroatoms. The van der Waals surface area contributed by atoms with E-state index in [2.05, 4.69) is 25.9 Å². The van der Waals surface area contributed by atoms with Gasteiger partial charge in [0.15, 0.2) is 5.82 Å². The fourth-order valence-electron chi connectivity index (χ4n) is 3.82. The van der Waals surface area contributed by atoms with E-state index in [0.29, 0.717) is 23.6 Å². The second-order valence-electron chi connectivity index (χ2n) is 8.09. The summed E-state index contributed by atoms with van der Waals surface area (Å²) in [5.74, 6) is -0.549. The number of anilines is 3. The molecule has 0 aliphatic rings. The van der Waals surface area contributed by atoms with Gasteiger partial charge >= 0.3 is 5.97 Å². The van der Waals surface area contributed by atoms with Crippen molar-refractivity contribution in [3.05, 3.63) is 72.3 Å². The number of unbranched alkanes of at least 4 members (excludes halogenated alkanes) is 1. The van der Waals surface area contributed by atoms with Crippen LogP contribution in [0.2, 0.25) is 0 Å². The van der Waals surface area contributed by atoms with Crippen LogP contribution < -0.4 is 10.2 Å². The molecule has 4 rings (SSSR count). The predicted molar refractivity (Wildman–Crippen MR) is 135 cm³/mol. The van der Waals surface area contributed by atoms with Crippen molar-refractivity contribution in [2.75, 3.05) is 17.3 Å². The van der Waals surface area contributed by atoms with Crippen LogP contribution in [0.4, 0.5) is 17.1 Å². The SMILES string of the molecule is CCCCC(=O)Nc1ccc(C(=O)O)cc1N(C)c1ccc(-c2ccccc2-c2nnn[nH]2)cc1. The van der Waals surface area contributed by atoms with Gasteiger partial charge in [-0.05, 0) is 58.3 Å². The lowest BCUT2D eigenvalue weighted by atomic mass is 9.99. The highest BCUT2D eigenvalue weighted by molar-refractivity contribution is 5.98. The van der Waals surface area contributed by atoms with Gasteiger partial charge in [0.25, 0.3) is 0 Å². The van der Waals surface area contributed by atoms with E-state index in [1.165, 1.54) is 6.07 Å². The van der Waals surface area contributed by atoms with Crippen LogP contribution in [0.15, 0.2) is 66.7 Å². The first-order chi connectivity index (χ1) is 17.0. The Balaban J connectivity index is 1.65. The molecule has 0 fully saturated rings. The van der Waals surface area contributed by atoms with Gasteiger partial charge in [-0.25, -0.2) is 9.89 Å². The highest BCUT2D eigenvalue weighted by atomic mass is 16.4. The highest BCUT2D eigenvalue weighted by Gasteiger charge is 2.16. The van der Waals surface area contributed by atoms with Crippen molar-refractivity contribution in [2.24, 2.45) is 0 Å². The topological polar surface area (TPSA) is 124 Å². The number of hydrogen-bond acceptors (Lipinski definition) is 6. The van der Waals surface area contributed by atoms with Crippen molar-refractivity contribution in [3.63, 3.8) is 0 Å². The number of nitrogens with one attached hydrogen (secondary N) is 2. The summed E-state index contributed by atoms with van der Waals surface area (Å²) in [6, 6.07) is 20.4. The lowest BCUT2D eigenvalue weighted by molar-refractivity contribution is -0.116. The minimum Gasteiger partial charge on any atom is -0.478 e. The number of carboxylic acids is 1. The molecular formula is C26H26N6O3. The first-order valence-corrected chi connectivity index (χ1v) is 11.3. The van der Waals surface area contributed by atoms with Crippen molar-refractivity contribution in [1.82, 2.24) is 20.6 Å². The Bertz CT molecular complexity index is 1320. The normalized spacial score (nSPS) is 10.7. The minimum absolute atomic E-state index is 0.0987. The number of nitrogens with zero attached hydrogens (tertiary/aromatic N) is 4. The Labute approximate surface area is 202 Å². The third kappa shape index (κ3) is 5.35. The lowest BCUT2D eigenvalue weighted by Gasteiger charge is -2.24. The van der Waals surface area contributed by atoms with Crippen molar-refractivity contribution in [3.8, 4) is 22.5 Å². The average molecular weight is 471 g/mol. The summed E-state index contributed by atoms with van der Waals surface area (Å²) in [6.45, 7) is 2.03. The number of tetrazole rings is 1. The summed E-state index contributed by atoms with van der Waals surface area (Å²) < 4.78 is 0. The van der Waals surface area contributed by atoms with Crippen molar-refractivity contribution in [1.29, 1.82) is 0 Å². The van der Waals surface area contributed by atoms with Gasteiger partial charge in [0.05, 0.1) is 16.9 Å². The van der Waals surface area contributed by atoms with Crippen LogP contribution in [0.5, 0.6) is 0 Å². The van der Waals surface area contributed by atoms with E-state index in [9.17, 15) is 14.7 Å². The van der Waals surface area contributed by atoms with Gasteiger partial charge in [-0.1, -0.05) is 49.7 Å². The zero-order valence-electron chi connectivity index (χ0n) is 19.5. The largest absolute Gasteiger partial charge is 0.478 e. The van der Waals surface area contributed by atoms with Gasteiger partial charge in [-0.15, -0.1) is 5.10 Å². The monoisotopic (exact) mass is 470 g/mol. The van der Waals surface area contributed by atoms with Crippen LogP contribution >= 0.6 is 0 Å². The number of carbonyl (C=O) groups excluding carboxylic acids is 1. The smallest absolute Gasteiger partial charge is 0.335 e. The Morgan fingerprint density at radius 1 is 1.03 bits per heavy atom. The molecule has 0 unspecified atom stereocenters. The Kier molecular flexibility index (Phi) is 7.15. The summed E-state index contributed by atoms with van der Waals surface area (Å²) in [7, 11) is 1.84.